The molecule has 192 valence electrons. The predicted octanol–water partition coefficient (Wildman–Crippen LogP) is 2.88. The SMILES string of the molecule is Cc1nn(C)cc1NC(=O)C[C@H]1CC[C@@H]2[C@@H](COc3ccc(NC(=O)C4CCC4)cc3C(=O)N2C)O1. The molecule has 0 spiro atoms. The number of hydrogen-bond acceptors (Lipinski definition) is 6. The van der Waals surface area contributed by atoms with Gasteiger partial charge in [-0.25, -0.2) is 0 Å². The maximum Gasteiger partial charge on any atom is 0.257 e. The molecule has 3 atom stereocenters. The van der Waals surface area contributed by atoms with Crippen LogP contribution in [0.4, 0.5) is 11.4 Å². The molecule has 1 aromatic heterocycles. The number of carbonyl (C=O) groups excluding carboxylic acids is 3. The van der Waals surface area contributed by atoms with Gasteiger partial charge in [-0.05, 0) is 50.8 Å². The quantitative estimate of drug-likeness (QED) is 0.659. The monoisotopic (exact) mass is 495 g/mol. The van der Waals surface area contributed by atoms with E-state index in [2.05, 4.69) is 15.7 Å². The molecule has 0 unspecified atom stereocenters. The largest absolute Gasteiger partial charge is 0.490 e. The summed E-state index contributed by atoms with van der Waals surface area (Å²) in [5, 5.41) is 10.1. The number of nitrogens with zero attached hydrogens (tertiary/aromatic N) is 3. The van der Waals surface area contributed by atoms with Crippen molar-refractivity contribution in [1.29, 1.82) is 0 Å². The van der Waals surface area contributed by atoms with E-state index in [1.807, 2.05) is 14.0 Å². The smallest absolute Gasteiger partial charge is 0.257 e. The summed E-state index contributed by atoms with van der Waals surface area (Å²) in [5.74, 6) is 0.217. The van der Waals surface area contributed by atoms with Gasteiger partial charge in [0.2, 0.25) is 11.8 Å². The average Bonchev–Trinajstić information content (AvgIpc) is 3.11. The first-order valence-corrected chi connectivity index (χ1v) is 12.6. The zero-order valence-corrected chi connectivity index (χ0v) is 21.0. The minimum atomic E-state index is -0.350. The van der Waals surface area contributed by atoms with Crippen LogP contribution in [0.3, 0.4) is 0 Å². The molecule has 0 radical (unpaired) electrons. The Hall–Kier alpha value is -3.40. The third-order valence-corrected chi connectivity index (χ3v) is 7.46. The second-order valence-electron chi connectivity index (χ2n) is 10.1. The zero-order valence-electron chi connectivity index (χ0n) is 21.0. The second kappa shape index (κ2) is 9.93. The first-order chi connectivity index (χ1) is 17.3. The fraction of sp³-hybridized carbons (Fsp3) is 0.538. The molecular formula is C26H33N5O5. The normalized spacial score (nSPS) is 23.9. The topological polar surface area (TPSA) is 115 Å². The number of hydrogen-bond donors (Lipinski definition) is 2. The van der Waals surface area contributed by atoms with Crippen LogP contribution in [0, 0.1) is 12.8 Å². The van der Waals surface area contributed by atoms with Gasteiger partial charge < -0.3 is 25.0 Å². The number of amides is 3. The Morgan fingerprint density at radius 3 is 2.64 bits per heavy atom. The number of benzene rings is 1. The molecule has 2 N–H and O–H groups in total. The summed E-state index contributed by atoms with van der Waals surface area (Å²) in [6, 6.07) is 5.01. The molecule has 3 heterocycles. The summed E-state index contributed by atoms with van der Waals surface area (Å²) in [4.78, 5) is 40.1. The summed E-state index contributed by atoms with van der Waals surface area (Å²) in [6.07, 6.45) is 5.64. The first kappa shape index (κ1) is 24.3. The van der Waals surface area contributed by atoms with Crippen LogP contribution in [-0.4, -0.2) is 64.3 Å². The Bertz CT molecular complexity index is 1170. The number of aryl methyl sites for hydroxylation is 2. The van der Waals surface area contributed by atoms with E-state index < -0.39 is 0 Å². The lowest BCUT2D eigenvalue weighted by Gasteiger charge is -2.42. The van der Waals surface area contributed by atoms with Crippen molar-refractivity contribution in [3.63, 3.8) is 0 Å². The minimum Gasteiger partial charge on any atom is -0.490 e. The van der Waals surface area contributed by atoms with Crippen molar-refractivity contribution in [2.75, 3.05) is 24.3 Å². The highest BCUT2D eigenvalue weighted by atomic mass is 16.5. The third kappa shape index (κ3) is 4.95. The average molecular weight is 496 g/mol. The predicted molar refractivity (Wildman–Crippen MR) is 133 cm³/mol. The van der Waals surface area contributed by atoms with Crippen LogP contribution in [0.1, 0.15) is 54.6 Å². The molecule has 1 aliphatic carbocycles. The summed E-state index contributed by atoms with van der Waals surface area (Å²) in [7, 11) is 3.58. The van der Waals surface area contributed by atoms with Gasteiger partial charge in [-0.15, -0.1) is 0 Å². The number of nitrogens with one attached hydrogen (secondary N) is 2. The molecule has 10 nitrogen and oxygen atoms in total. The van der Waals surface area contributed by atoms with Gasteiger partial charge in [0.15, 0.2) is 0 Å². The molecule has 3 amide bonds. The van der Waals surface area contributed by atoms with E-state index >= 15 is 0 Å². The molecule has 3 aliphatic rings. The maximum absolute atomic E-state index is 13.4. The highest BCUT2D eigenvalue weighted by Gasteiger charge is 2.39. The van der Waals surface area contributed by atoms with E-state index in [0.29, 0.717) is 35.5 Å². The Morgan fingerprint density at radius 1 is 1.14 bits per heavy atom. The van der Waals surface area contributed by atoms with E-state index in [4.69, 9.17) is 9.47 Å². The van der Waals surface area contributed by atoms with Crippen LogP contribution >= 0.6 is 0 Å². The lowest BCUT2D eigenvalue weighted by Crippen LogP contribution is -2.53. The maximum atomic E-state index is 13.4. The van der Waals surface area contributed by atoms with Crippen LogP contribution in [0.2, 0.25) is 0 Å². The van der Waals surface area contributed by atoms with Gasteiger partial charge in [0.05, 0.1) is 35.5 Å². The third-order valence-electron chi connectivity index (χ3n) is 7.46. The summed E-state index contributed by atoms with van der Waals surface area (Å²) in [6.45, 7) is 2.11. The number of carbonyl (C=O) groups is 3. The van der Waals surface area contributed by atoms with Gasteiger partial charge in [0, 0.05) is 31.9 Å². The van der Waals surface area contributed by atoms with Crippen molar-refractivity contribution in [1.82, 2.24) is 14.7 Å². The number of aromatic nitrogens is 2. The lowest BCUT2D eigenvalue weighted by molar-refractivity contribution is -0.130. The standard InChI is InChI=1S/C26H33N5O5/c1-15-20(13-30(2)29-15)28-24(32)12-18-8-9-21-23(36-18)14-35-22-10-7-17(11-19(22)26(34)31(21)3)27-25(33)16-5-4-6-16/h7,10-11,13,16,18,21,23H,4-6,8-9,12,14H2,1-3H3,(H,27,33)(H,28,32)/t18-,21-,23-/m1/s1. The van der Waals surface area contributed by atoms with Crippen molar-refractivity contribution in [3.05, 3.63) is 35.7 Å². The number of anilines is 2. The zero-order chi connectivity index (χ0) is 25.4. The molecule has 0 bridgehead atoms. The van der Waals surface area contributed by atoms with Gasteiger partial charge in [0.1, 0.15) is 18.5 Å². The molecule has 2 aromatic rings. The van der Waals surface area contributed by atoms with Crippen molar-refractivity contribution < 1.29 is 23.9 Å². The van der Waals surface area contributed by atoms with Crippen molar-refractivity contribution in [3.8, 4) is 5.75 Å². The van der Waals surface area contributed by atoms with Gasteiger partial charge in [-0.3, -0.25) is 19.1 Å². The van der Waals surface area contributed by atoms with Crippen LogP contribution in [0.5, 0.6) is 5.75 Å². The van der Waals surface area contributed by atoms with Crippen LogP contribution in [0.25, 0.3) is 0 Å². The molecular weight excluding hydrogens is 462 g/mol. The van der Waals surface area contributed by atoms with Gasteiger partial charge >= 0.3 is 0 Å². The fourth-order valence-corrected chi connectivity index (χ4v) is 5.15. The van der Waals surface area contributed by atoms with Crippen molar-refractivity contribution in [2.45, 2.75) is 63.7 Å². The van der Waals surface area contributed by atoms with Crippen molar-refractivity contribution in [2.24, 2.45) is 13.0 Å². The van der Waals surface area contributed by atoms with Crippen molar-refractivity contribution >= 4 is 29.1 Å². The van der Waals surface area contributed by atoms with Crippen LogP contribution in [0.15, 0.2) is 24.4 Å². The molecule has 36 heavy (non-hydrogen) atoms. The van der Waals surface area contributed by atoms with Gasteiger partial charge in [-0.2, -0.15) is 5.10 Å². The molecule has 5 rings (SSSR count). The van der Waals surface area contributed by atoms with E-state index in [-0.39, 0.29) is 54.9 Å². The first-order valence-electron chi connectivity index (χ1n) is 12.6. The van der Waals surface area contributed by atoms with Crippen LogP contribution in [-0.2, 0) is 21.4 Å². The molecule has 1 aromatic carbocycles. The number of rotatable bonds is 5. The second-order valence-corrected chi connectivity index (χ2v) is 10.1. The number of likely N-dealkylation sites (N-methyl/N-ethyl adjacent to an activating group) is 1. The lowest BCUT2D eigenvalue weighted by atomic mass is 9.85. The molecule has 2 fully saturated rings. The minimum absolute atomic E-state index is 0.00303. The van der Waals surface area contributed by atoms with E-state index in [0.717, 1.165) is 25.0 Å². The summed E-state index contributed by atoms with van der Waals surface area (Å²) < 4.78 is 14.0. The molecule has 2 aliphatic heterocycles. The molecule has 10 heteroatoms. The fourth-order valence-electron chi connectivity index (χ4n) is 5.15. The Kier molecular flexibility index (Phi) is 6.70. The Labute approximate surface area is 210 Å². The molecule has 1 saturated heterocycles. The highest BCUT2D eigenvalue weighted by Crippen LogP contribution is 2.33. The Morgan fingerprint density at radius 2 is 1.94 bits per heavy atom. The van der Waals surface area contributed by atoms with Crippen LogP contribution < -0.4 is 15.4 Å². The highest BCUT2D eigenvalue weighted by molar-refractivity contribution is 6.00. The van der Waals surface area contributed by atoms with Gasteiger partial charge in [0.25, 0.3) is 5.91 Å². The Balaban J connectivity index is 1.24. The van der Waals surface area contributed by atoms with Gasteiger partial charge in [-0.1, -0.05) is 6.42 Å². The van der Waals surface area contributed by atoms with E-state index in [1.54, 1.807) is 41.0 Å². The summed E-state index contributed by atoms with van der Waals surface area (Å²) in [5.41, 5.74) is 2.47. The van der Waals surface area contributed by atoms with E-state index in [1.165, 1.54) is 0 Å². The number of fused-ring (bicyclic) bond motifs is 2. The summed E-state index contributed by atoms with van der Waals surface area (Å²) >= 11 is 0. The molecule has 1 saturated carbocycles. The van der Waals surface area contributed by atoms with E-state index in [9.17, 15) is 14.4 Å². The number of ether oxygens (including phenoxy) is 2.